The molecule has 182 valence electrons. The Morgan fingerprint density at radius 1 is 1.03 bits per heavy atom. The summed E-state index contributed by atoms with van der Waals surface area (Å²) >= 11 is 0. The zero-order chi connectivity index (χ0) is 24.6. The Bertz CT molecular complexity index is 1460. The predicted octanol–water partition coefficient (Wildman–Crippen LogP) is 3.93. The molecule has 0 bridgehead atoms. The second kappa shape index (κ2) is 9.23. The minimum atomic E-state index is -2.32. The molecule has 3 aromatic heterocycles. The van der Waals surface area contributed by atoms with Gasteiger partial charge in [-0.2, -0.15) is 19.1 Å². The van der Waals surface area contributed by atoms with Crippen LogP contribution in [0.25, 0.3) is 16.9 Å². The molecule has 0 aliphatic carbocycles. The highest BCUT2D eigenvalue weighted by Gasteiger charge is 2.22. The Morgan fingerprint density at radius 2 is 1.77 bits per heavy atom. The second-order valence-electron chi connectivity index (χ2n) is 8.99. The standard InChI is InChI=1S/C24H28N8O2S/c1-16-14-31(15-17(2)34-16)20-10-8-19(9-11-20)27-24-25-12-18-13-26-32(23(18)29-24)22-7-5-6-21(28-22)30-35(3,4)33/h5-13,16-17H,14-15H2,1-4H3,(H,25,27,29). The predicted molar refractivity (Wildman–Crippen MR) is 138 cm³/mol. The number of hydrogen-bond acceptors (Lipinski definition) is 9. The quantitative estimate of drug-likeness (QED) is 0.446. The number of morpholine rings is 1. The van der Waals surface area contributed by atoms with Gasteiger partial charge in [-0.05, 0) is 50.2 Å². The zero-order valence-electron chi connectivity index (χ0n) is 20.1. The van der Waals surface area contributed by atoms with Gasteiger partial charge in [-0.1, -0.05) is 6.07 Å². The molecule has 4 aromatic rings. The summed E-state index contributed by atoms with van der Waals surface area (Å²) in [6, 6.07) is 13.5. The number of nitrogens with one attached hydrogen (secondary N) is 1. The summed E-state index contributed by atoms with van der Waals surface area (Å²) in [5.41, 5.74) is 2.65. The summed E-state index contributed by atoms with van der Waals surface area (Å²) in [6.45, 7) is 5.94. The topological polar surface area (TPSA) is 110 Å². The normalized spacial score (nSPS) is 18.6. The molecule has 1 fully saturated rings. The molecule has 35 heavy (non-hydrogen) atoms. The van der Waals surface area contributed by atoms with Crippen LogP contribution in [0.5, 0.6) is 0 Å². The van der Waals surface area contributed by atoms with Gasteiger partial charge in [-0.3, -0.25) is 0 Å². The Balaban J connectivity index is 1.39. The summed E-state index contributed by atoms with van der Waals surface area (Å²) in [7, 11) is -2.32. The lowest BCUT2D eigenvalue weighted by Crippen LogP contribution is -2.45. The van der Waals surface area contributed by atoms with Crippen molar-refractivity contribution in [1.82, 2.24) is 24.7 Å². The van der Waals surface area contributed by atoms with Gasteiger partial charge in [0.15, 0.2) is 17.3 Å². The van der Waals surface area contributed by atoms with Crippen molar-refractivity contribution in [2.45, 2.75) is 26.1 Å². The van der Waals surface area contributed by atoms with E-state index in [1.807, 2.05) is 12.1 Å². The van der Waals surface area contributed by atoms with Crippen LogP contribution in [-0.2, 0) is 14.5 Å². The molecule has 1 N–H and O–H groups in total. The molecular formula is C24H28N8O2S. The van der Waals surface area contributed by atoms with Crippen LogP contribution in [0.4, 0.5) is 23.1 Å². The van der Waals surface area contributed by atoms with Crippen LogP contribution in [0.15, 0.2) is 59.2 Å². The number of anilines is 3. The van der Waals surface area contributed by atoms with Gasteiger partial charge in [0, 0.05) is 52.9 Å². The van der Waals surface area contributed by atoms with E-state index in [1.54, 1.807) is 47.8 Å². The molecule has 5 rings (SSSR count). The number of nitrogens with zero attached hydrogens (tertiary/aromatic N) is 7. The van der Waals surface area contributed by atoms with Crippen molar-refractivity contribution in [3.8, 4) is 5.82 Å². The van der Waals surface area contributed by atoms with E-state index in [9.17, 15) is 4.21 Å². The number of fused-ring (bicyclic) bond motifs is 1. The number of pyridine rings is 1. The molecule has 10 nitrogen and oxygen atoms in total. The van der Waals surface area contributed by atoms with Crippen LogP contribution >= 0.6 is 0 Å². The molecule has 0 radical (unpaired) electrons. The van der Waals surface area contributed by atoms with Crippen molar-refractivity contribution >= 4 is 43.9 Å². The van der Waals surface area contributed by atoms with Crippen LogP contribution in [0.1, 0.15) is 13.8 Å². The first-order valence-electron chi connectivity index (χ1n) is 11.4. The Hall–Kier alpha value is -3.57. The number of hydrogen-bond donors (Lipinski definition) is 1. The largest absolute Gasteiger partial charge is 0.372 e. The third kappa shape index (κ3) is 5.41. The van der Waals surface area contributed by atoms with E-state index in [0.29, 0.717) is 23.2 Å². The third-order valence-electron chi connectivity index (χ3n) is 5.47. The number of benzene rings is 1. The van der Waals surface area contributed by atoms with Crippen molar-refractivity contribution in [2.75, 3.05) is 35.8 Å². The van der Waals surface area contributed by atoms with E-state index in [4.69, 9.17) is 4.74 Å². The van der Waals surface area contributed by atoms with Crippen LogP contribution < -0.4 is 10.2 Å². The van der Waals surface area contributed by atoms with E-state index < -0.39 is 9.73 Å². The number of rotatable bonds is 5. The van der Waals surface area contributed by atoms with E-state index in [-0.39, 0.29) is 12.2 Å². The van der Waals surface area contributed by atoms with Gasteiger partial charge in [0.1, 0.15) is 0 Å². The Morgan fingerprint density at radius 3 is 2.49 bits per heavy atom. The average Bonchev–Trinajstić information content (AvgIpc) is 3.21. The van der Waals surface area contributed by atoms with Crippen LogP contribution in [0.2, 0.25) is 0 Å². The average molecular weight is 493 g/mol. The first-order valence-corrected chi connectivity index (χ1v) is 13.7. The maximum atomic E-state index is 12.1. The van der Waals surface area contributed by atoms with Gasteiger partial charge in [0.25, 0.3) is 0 Å². The van der Waals surface area contributed by atoms with Gasteiger partial charge in [0.05, 0.1) is 23.8 Å². The van der Waals surface area contributed by atoms with E-state index in [1.165, 1.54) is 0 Å². The van der Waals surface area contributed by atoms with Crippen molar-refractivity contribution in [3.05, 3.63) is 54.9 Å². The first-order chi connectivity index (χ1) is 16.7. The lowest BCUT2D eigenvalue weighted by Gasteiger charge is -2.36. The lowest BCUT2D eigenvalue weighted by molar-refractivity contribution is -0.00521. The van der Waals surface area contributed by atoms with E-state index in [2.05, 4.69) is 60.6 Å². The van der Waals surface area contributed by atoms with E-state index >= 15 is 0 Å². The summed E-state index contributed by atoms with van der Waals surface area (Å²) in [6.07, 6.45) is 6.97. The first kappa shape index (κ1) is 23.2. The van der Waals surface area contributed by atoms with Crippen molar-refractivity contribution in [1.29, 1.82) is 0 Å². The lowest BCUT2D eigenvalue weighted by atomic mass is 10.2. The maximum Gasteiger partial charge on any atom is 0.229 e. The second-order valence-corrected chi connectivity index (χ2v) is 11.5. The minimum absolute atomic E-state index is 0.207. The molecule has 0 saturated carbocycles. The molecule has 4 heterocycles. The zero-order valence-corrected chi connectivity index (χ0v) is 20.9. The third-order valence-corrected chi connectivity index (χ3v) is 6.09. The smallest absolute Gasteiger partial charge is 0.229 e. The molecule has 2 atom stereocenters. The summed E-state index contributed by atoms with van der Waals surface area (Å²) in [5.74, 6) is 1.37. The minimum Gasteiger partial charge on any atom is -0.372 e. The molecule has 1 aliphatic heterocycles. The number of ether oxygens (including phenoxy) is 1. The van der Waals surface area contributed by atoms with Crippen LogP contribution in [0.3, 0.4) is 0 Å². The molecule has 1 aromatic carbocycles. The Labute approximate surface area is 204 Å². The number of aromatic nitrogens is 5. The molecule has 11 heteroatoms. The van der Waals surface area contributed by atoms with Gasteiger partial charge in [-0.25, -0.2) is 14.2 Å². The van der Waals surface area contributed by atoms with Crippen molar-refractivity contribution in [3.63, 3.8) is 0 Å². The molecular weight excluding hydrogens is 464 g/mol. The summed E-state index contributed by atoms with van der Waals surface area (Å²) in [4.78, 5) is 15.9. The molecule has 2 unspecified atom stereocenters. The molecule has 1 aliphatic rings. The molecule has 0 amide bonds. The monoisotopic (exact) mass is 492 g/mol. The molecule has 0 spiro atoms. The fourth-order valence-corrected chi connectivity index (χ4v) is 4.68. The van der Waals surface area contributed by atoms with Gasteiger partial charge < -0.3 is 15.0 Å². The maximum absolute atomic E-state index is 12.1. The van der Waals surface area contributed by atoms with Crippen molar-refractivity contribution in [2.24, 2.45) is 4.36 Å². The van der Waals surface area contributed by atoms with Gasteiger partial charge in [0.2, 0.25) is 5.95 Å². The van der Waals surface area contributed by atoms with Gasteiger partial charge >= 0.3 is 0 Å². The van der Waals surface area contributed by atoms with Crippen LogP contribution in [0, 0.1) is 0 Å². The molecule has 1 saturated heterocycles. The highest BCUT2D eigenvalue weighted by Crippen LogP contribution is 2.24. The highest BCUT2D eigenvalue weighted by molar-refractivity contribution is 7.92. The fourth-order valence-electron chi connectivity index (χ4n) is 4.12. The SMILES string of the molecule is CC1CN(c2ccc(Nc3ncc4cnn(-c5cccc(N=S(C)(C)=O)n5)c4n3)cc2)CC(C)O1. The van der Waals surface area contributed by atoms with Crippen LogP contribution in [-0.4, -0.2) is 66.8 Å². The highest BCUT2D eigenvalue weighted by atomic mass is 32.2. The summed E-state index contributed by atoms with van der Waals surface area (Å²) in [5, 5.41) is 8.47. The van der Waals surface area contributed by atoms with Crippen molar-refractivity contribution < 1.29 is 8.95 Å². The fraction of sp³-hybridized carbons (Fsp3) is 0.333. The van der Waals surface area contributed by atoms with E-state index in [0.717, 1.165) is 29.9 Å². The summed E-state index contributed by atoms with van der Waals surface area (Å²) < 4.78 is 23.7. The van der Waals surface area contributed by atoms with Gasteiger partial charge in [-0.15, -0.1) is 0 Å². The Kier molecular flexibility index (Phi) is 6.12.